The molecule has 3 rings (SSSR count). The van der Waals surface area contributed by atoms with Gasteiger partial charge in [-0.15, -0.1) is 0 Å². The van der Waals surface area contributed by atoms with Crippen LogP contribution in [0.15, 0.2) is 54.7 Å². The summed E-state index contributed by atoms with van der Waals surface area (Å²) in [5, 5.41) is 20.1. The Kier molecular flexibility index (Phi) is 5.79. The Morgan fingerprint density at radius 1 is 1.19 bits per heavy atom. The number of anilines is 2. The van der Waals surface area contributed by atoms with Crippen molar-refractivity contribution in [1.29, 1.82) is 10.7 Å². The fraction of sp³-hybridized carbons (Fsp3) is 0.130. The van der Waals surface area contributed by atoms with Gasteiger partial charge in [0.15, 0.2) is 0 Å². The van der Waals surface area contributed by atoms with E-state index >= 15 is 0 Å². The van der Waals surface area contributed by atoms with E-state index in [0.29, 0.717) is 33.6 Å². The number of nitrogens with one attached hydrogen (secondary N) is 2. The number of benzene rings is 2. The van der Waals surface area contributed by atoms with Crippen molar-refractivity contribution < 1.29 is 13.6 Å². The first-order valence-electron chi connectivity index (χ1n) is 9.25. The van der Waals surface area contributed by atoms with Crippen molar-refractivity contribution in [3.8, 4) is 6.07 Å². The van der Waals surface area contributed by atoms with E-state index in [1.807, 2.05) is 6.07 Å². The average Bonchev–Trinajstić information content (AvgIpc) is 2.73. The number of pyridine rings is 1. The van der Waals surface area contributed by atoms with Crippen LogP contribution in [0.4, 0.5) is 20.2 Å². The number of nitriles is 1. The summed E-state index contributed by atoms with van der Waals surface area (Å²) in [4.78, 5) is 16.6. The molecule has 0 bridgehead atoms. The number of carbonyl (C=O) groups excluding carboxylic acids is 1. The number of halogens is 2. The van der Waals surface area contributed by atoms with Crippen molar-refractivity contribution in [2.75, 3.05) is 11.1 Å². The summed E-state index contributed by atoms with van der Waals surface area (Å²) in [6, 6.07) is 13.6. The van der Waals surface area contributed by atoms with Gasteiger partial charge >= 0.3 is 0 Å². The van der Waals surface area contributed by atoms with Gasteiger partial charge in [0.2, 0.25) is 0 Å². The van der Waals surface area contributed by atoms with Gasteiger partial charge in [0.25, 0.3) is 11.8 Å². The van der Waals surface area contributed by atoms with E-state index in [0.717, 1.165) is 6.92 Å². The molecule has 0 saturated heterocycles. The predicted octanol–water partition coefficient (Wildman–Crippen LogP) is 4.62. The van der Waals surface area contributed by atoms with E-state index in [-0.39, 0.29) is 17.0 Å². The first-order valence-corrected chi connectivity index (χ1v) is 9.25. The van der Waals surface area contributed by atoms with Crippen molar-refractivity contribution >= 4 is 23.0 Å². The molecule has 1 amide bonds. The maximum absolute atomic E-state index is 13.4. The number of carbonyl (C=O) groups is 1. The first-order chi connectivity index (χ1) is 14.6. The summed E-state index contributed by atoms with van der Waals surface area (Å²) in [6.45, 7) is 2.48. The molecule has 2 aromatic carbocycles. The zero-order chi connectivity index (χ0) is 22.8. The number of hydrogen-bond donors (Lipinski definition) is 3. The summed E-state index contributed by atoms with van der Waals surface area (Å²) in [5.74, 6) is -3.44. The summed E-state index contributed by atoms with van der Waals surface area (Å²) in [6.07, 6.45) is 1.31. The second-order valence-electron chi connectivity index (χ2n) is 7.10. The number of hydrogen-bond acceptors (Lipinski definition) is 5. The highest BCUT2D eigenvalue weighted by molar-refractivity contribution is 6.15. The van der Waals surface area contributed by atoms with E-state index in [2.05, 4.69) is 10.3 Å². The van der Waals surface area contributed by atoms with Crippen LogP contribution in [0.3, 0.4) is 0 Å². The van der Waals surface area contributed by atoms with Crippen LogP contribution in [0.2, 0.25) is 0 Å². The lowest BCUT2D eigenvalue weighted by atomic mass is 9.98. The maximum atomic E-state index is 13.4. The fourth-order valence-electron chi connectivity index (χ4n) is 3.00. The highest BCUT2D eigenvalue weighted by Crippen LogP contribution is 2.28. The van der Waals surface area contributed by atoms with E-state index in [9.17, 15) is 13.6 Å². The van der Waals surface area contributed by atoms with E-state index < -0.39 is 11.8 Å². The van der Waals surface area contributed by atoms with Gasteiger partial charge in [-0.1, -0.05) is 24.3 Å². The number of nitrogens with zero attached hydrogens (tertiary/aromatic N) is 2. The van der Waals surface area contributed by atoms with E-state index in [1.54, 1.807) is 25.1 Å². The molecule has 0 saturated carbocycles. The third-order valence-corrected chi connectivity index (χ3v) is 4.68. The molecule has 0 radical (unpaired) electrons. The van der Waals surface area contributed by atoms with Crippen molar-refractivity contribution in [2.24, 2.45) is 0 Å². The molecule has 4 N–H and O–H groups in total. The third-order valence-electron chi connectivity index (χ3n) is 4.68. The minimum atomic E-state index is -2.97. The molecule has 1 heterocycles. The standard InChI is InChI=1S/C23H19F2N5O/c1-13-9-14(11-26)12-29-21(13)22(31)30-17-7-8-19(27)18(10-17)20(28)15-3-5-16(6-4-15)23(2,24)25/h3-10,12,28H,27H2,1-2H3,(H,30,31). The lowest BCUT2D eigenvalue weighted by molar-refractivity contribution is 0.0174. The highest BCUT2D eigenvalue weighted by Gasteiger charge is 2.24. The molecule has 1 aromatic heterocycles. The van der Waals surface area contributed by atoms with Crippen LogP contribution in [0.1, 0.15) is 45.2 Å². The lowest BCUT2D eigenvalue weighted by Crippen LogP contribution is -2.16. The maximum Gasteiger partial charge on any atom is 0.274 e. The SMILES string of the molecule is Cc1cc(C#N)cnc1C(=O)Nc1ccc(N)c(C(=N)c2ccc(C(C)(F)F)cc2)c1. The fourth-order valence-corrected chi connectivity index (χ4v) is 3.00. The Labute approximate surface area is 177 Å². The third kappa shape index (κ3) is 4.73. The van der Waals surface area contributed by atoms with Crippen LogP contribution in [0.25, 0.3) is 0 Å². The minimum Gasteiger partial charge on any atom is -0.398 e. The largest absolute Gasteiger partial charge is 0.398 e. The smallest absolute Gasteiger partial charge is 0.274 e. The number of aryl methyl sites for hydroxylation is 1. The second kappa shape index (κ2) is 8.32. The van der Waals surface area contributed by atoms with Gasteiger partial charge in [0.1, 0.15) is 11.8 Å². The van der Waals surface area contributed by atoms with E-state index in [1.165, 1.54) is 36.5 Å². The van der Waals surface area contributed by atoms with Gasteiger partial charge in [0.05, 0.1) is 11.3 Å². The zero-order valence-corrected chi connectivity index (χ0v) is 16.8. The molecule has 31 heavy (non-hydrogen) atoms. The first kappa shape index (κ1) is 21.6. The zero-order valence-electron chi connectivity index (χ0n) is 16.8. The van der Waals surface area contributed by atoms with Crippen LogP contribution in [0, 0.1) is 23.7 Å². The molecule has 0 spiro atoms. The molecule has 3 aromatic rings. The molecule has 0 aliphatic heterocycles. The summed E-state index contributed by atoms with van der Waals surface area (Å²) in [7, 11) is 0. The van der Waals surface area contributed by atoms with Gasteiger partial charge in [-0.25, -0.2) is 13.8 Å². The Balaban J connectivity index is 1.85. The predicted molar refractivity (Wildman–Crippen MR) is 114 cm³/mol. The topological polar surface area (TPSA) is 116 Å². The van der Waals surface area contributed by atoms with Crippen molar-refractivity contribution in [1.82, 2.24) is 4.98 Å². The van der Waals surface area contributed by atoms with Crippen molar-refractivity contribution in [3.63, 3.8) is 0 Å². The molecule has 8 heteroatoms. The Morgan fingerprint density at radius 3 is 2.45 bits per heavy atom. The number of rotatable bonds is 5. The van der Waals surface area contributed by atoms with E-state index in [4.69, 9.17) is 16.4 Å². The molecule has 0 aliphatic carbocycles. The molecule has 6 nitrogen and oxygen atoms in total. The van der Waals surface area contributed by atoms with Crippen LogP contribution < -0.4 is 11.1 Å². The number of amides is 1. The number of nitrogens with two attached hydrogens (primary N) is 1. The minimum absolute atomic E-state index is 0.0345. The molecule has 0 fully saturated rings. The van der Waals surface area contributed by atoms with Gasteiger partial charge in [-0.2, -0.15) is 5.26 Å². The van der Waals surface area contributed by atoms with Gasteiger partial charge in [-0.3, -0.25) is 10.2 Å². The Bertz CT molecular complexity index is 1210. The summed E-state index contributed by atoms with van der Waals surface area (Å²) >= 11 is 0. The molecular formula is C23H19F2N5O. The average molecular weight is 419 g/mol. The normalized spacial score (nSPS) is 10.9. The number of aromatic nitrogens is 1. The quantitative estimate of drug-likeness (QED) is 0.413. The van der Waals surface area contributed by atoms with Crippen LogP contribution in [-0.2, 0) is 5.92 Å². The van der Waals surface area contributed by atoms with Gasteiger partial charge in [0, 0.05) is 41.2 Å². The Morgan fingerprint density at radius 2 is 1.87 bits per heavy atom. The number of alkyl halides is 2. The molecule has 0 aliphatic rings. The highest BCUT2D eigenvalue weighted by atomic mass is 19.3. The summed E-state index contributed by atoms with van der Waals surface area (Å²) in [5.41, 5.74) is 8.41. The molecule has 156 valence electrons. The van der Waals surface area contributed by atoms with Crippen LogP contribution in [-0.4, -0.2) is 16.6 Å². The van der Waals surface area contributed by atoms with Crippen molar-refractivity contribution in [2.45, 2.75) is 19.8 Å². The van der Waals surface area contributed by atoms with Crippen LogP contribution >= 0.6 is 0 Å². The molecule has 0 atom stereocenters. The van der Waals surface area contributed by atoms with Gasteiger partial charge in [-0.05, 0) is 36.8 Å². The monoisotopic (exact) mass is 419 g/mol. The van der Waals surface area contributed by atoms with Gasteiger partial charge < -0.3 is 11.1 Å². The van der Waals surface area contributed by atoms with Crippen LogP contribution in [0.5, 0.6) is 0 Å². The summed E-state index contributed by atoms with van der Waals surface area (Å²) < 4.78 is 26.8. The second-order valence-corrected chi connectivity index (χ2v) is 7.10. The Hall–Kier alpha value is -4.12. The molecular weight excluding hydrogens is 400 g/mol. The number of nitrogen functional groups attached to an aromatic ring is 1. The lowest BCUT2D eigenvalue weighted by Gasteiger charge is -2.14. The van der Waals surface area contributed by atoms with Crippen molar-refractivity contribution in [3.05, 3.63) is 88.2 Å². The molecule has 0 unspecified atom stereocenters.